The quantitative estimate of drug-likeness (QED) is 0.528. The van der Waals surface area contributed by atoms with Crippen LogP contribution in [-0.2, 0) is 26.9 Å². The lowest BCUT2D eigenvalue weighted by atomic mass is 9.93. The van der Waals surface area contributed by atoms with E-state index in [1.165, 1.54) is 6.26 Å². The van der Waals surface area contributed by atoms with Crippen LogP contribution in [0.2, 0.25) is 0 Å². The molecule has 1 aromatic carbocycles. The van der Waals surface area contributed by atoms with Crippen molar-refractivity contribution in [3.05, 3.63) is 35.4 Å². The minimum absolute atomic E-state index is 0.0597. The highest BCUT2D eigenvalue weighted by Gasteiger charge is 2.23. The largest absolute Gasteiger partial charge is 0.359 e. The number of aliphatic imine (C=N–C) groups is 1. The number of benzene rings is 1. The van der Waals surface area contributed by atoms with Crippen molar-refractivity contribution in [2.75, 3.05) is 32.9 Å². The minimum atomic E-state index is -3.02. The molecule has 1 aliphatic heterocycles. The molecule has 0 spiro atoms. The molecular weight excluding hydrogens is 376 g/mol. The van der Waals surface area contributed by atoms with Gasteiger partial charge in [0.15, 0.2) is 15.8 Å². The molecule has 0 unspecified atom stereocenters. The molecule has 1 amide bonds. The van der Waals surface area contributed by atoms with Gasteiger partial charge in [-0.05, 0) is 36.8 Å². The Hall–Kier alpha value is -2.09. The van der Waals surface area contributed by atoms with Crippen molar-refractivity contribution in [1.82, 2.24) is 15.5 Å². The van der Waals surface area contributed by atoms with Crippen LogP contribution in [0, 0.1) is 5.92 Å². The minimum Gasteiger partial charge on any atom is -0.359 e. The Morgan fingerprint density at radius 3 is 2.32 bits per heavy atom. The van der Waals surface area contributed by atoms with Crippen molar-refractivity contribution in [3.63, 3.8) is 0 Å². The first kappa shape index (κ1) is 22.2. The van der Waals surface area contributed by atoms with Gasteiger partial charge in [0.1, 0.15) is 0 Å². The third-order valence-corrected chi connectivity index (χ3v) is 5.72. The second kappa shape index (κ2) is 10.5. The fourth-order valence-electron chi connectivity index (χ4n) is 3.35. The fourth-order valence-corrected chi connectivity index (χ4v) is 4.15. The Labute approximate surface area is 168 Å². The van der Waals surface area contributed by atoms with Crippen LogP contribution in [0.5, 0.6) is 0 Å². The van der Waals surface area contributed by atoms with Gasteiger partial charge in [-0.1, -0.05) is 24.3 Å². The van der Waals surface area contributed by atoms with E-state index < -0.39 is 9.84 Å². The van der Waals surface area contributed by atoms with E-state index in [1.807, 2.05) is 31.2 Å². The molecular formula is C20H32N4O3S. The molecule has 0 bridgehead atoms. The van der Waals surface area contributed by atoms with E-state index in [9.17, 15) is 13.2 Å². The van der Waals surface area contributed by atoms with Gasteiger partial charge in [0.05, 0.1) is 12.3 Å². The molecule has 7 nitrogen and oxygen atoms in total. The highest BCUT2D eigenvalue weighted by Crippen LogP contribution is 2.20. The third-order valence-electron chi connectivity index (χ3n) is 4.87. The Morgan fingerprint density at radius 1 is 1.18 bits per heavy atom. The van der Waals surface area contributed by atoms with Gasteiger partial charge in [0.2, 0.25) is 5.91 Å². The molecule has 1 aliphatic rings. The van der Waals surface area contributed by atoms with Gasteiger partial charge in [-0.15, -0.1) is 0 Å². The van der Waals surface area contributed by atoms with Crippen LogP contribution in [0.3, 0.4) is 0 Å². The number of carbonyl (C=O) groups excluding carboxylic acids is 1. The topological polar surface area (TPSA) is 90.9 Å². The van der Waals surface area contributed by atoms with E-state index in [-0.39, 0.29) is 11.7 Å². The van der Waals surface area contributed by atoms with E-state index in [1.54, 1.807) is 7.05 Å². The first-order valence-electron chi connectivity index (χ1n) is 9.80. The van der Waals surface area contributed by atoms with E-state index in [2.05, 4.69) is 15.5 Å². The monoisotopic (exact) mass is 408 g/mol. The molecule has 2 rings (SSSR count). The average Bonchev–Trinajstić information content (AvgIpc) is 2.65. The number of hydrogen-bond acceptors (Lipinski definition) is 4. The molecule has 28 heavy (non-hydrogen) atoms. The Balaban J connectivity index is 1.94. The normalized spacial score (nSPS) is 16.1. The van der Waals surface area contributed by atoms with Gasteiger partial charge in [-0.25, -0.2) is 13.4 Å². The van der Waals surface area contributed by atoms with Crippen molar-refractivity contribution in [3.8, 4) is 0 Å². The maximum Gasteiger partial charge on any atom is 0.220 e. The molecule has 1 heterocycles. The van der Waals surface area contributed by atoms with E-state index >= 15 is 0 Å². The van der Waals surface area contributed by atoms with Crippen molar-refractivity contribution in [1.29, 1.82) is 0 Å². The molecule has 0 atom stereocenters. The summed E-state index contributed by atoms with van der Waals surface area (Å²) in [5, 5.41) is 6.05. The lowest BCUT2D eigenvalue weighted by Gasteiger charge is -2.34. The van der Waals surface area contributed by atoms with Crippen molar-refractivity contribution >= 4 is 21.7 Å². The molecule has 0 saturated carbocycles. The van der Waals surface area contributed by atoms with Crippen LogP contribution >= 0.6 is 0 Å². The summed E-state index contributed by atoms with van der Waals surface area (Å²) >= 11 is 0. The van der Waals surface area contributed by atoms with Gasteiger partial charge in [0.25, 0.3) is 0 Å². The predicted octanol–water partition coefficient (Wildman–Crippen LogP) is 1.54. The lowest BCUT2D eigenvalue weighted by molar-refractivity contribution is -0.121. The van der Waals surface area contributed by atoms with Crippen LogP contribution in [0.1, 0.15) is 37.3 Å². The number of hydrogen-bond donors (Lipinski definition) is 2. The van der Waals surface area contributed by atoms with Gasteiger partial charge in [-0.3, -0.25) is 4.79 Å². The zero-order chi connectivity index (χ0) is 20.6. The van der Waals surface area contributed by atoms with Crippen molar-refractivity contribution in [2.45, 2.75) is 38.5 Å². The first-order valence-corrected chi connectivity index (χ1v) is 11.9. The highest BCUT2D eigenvalue weighted by atomic mass is 32.2. The number of piperidine rings is 1. The fraction of sp³-hybridized carbons (Fsp3) is 0.600. The van der Waals surface area contributed by atoms with E-state index in [0.717, 1.165) is 49.6 Å². The van der Waals surface area contributed by atoms with Gasteiger partial charge < -0.3 is 15.5 Å². The van der Waals surface area contributed by atoms with Crippen LogP contribution in [-0.4, -0.2) is 58.1 Å². The Morgan fingerprint density at radius 2 is 1.79 bits per heavy atom. The molecule has 1 aromatic rings. The van der Waals surface area contributed by atoms with Crippen LogP contribution in [0.25, 0.3) is 0 Å². The van der Waals surface area contributed by atoms with Gasteiger partial charge in [-0.2, -0.15) is 0 Å². The summed E-state index contributed by atoms with van der Waals surface area (Å²) in [6.07, 6.45) is 3.81. The number of nitrogens with zero attached hydrogens (tertiary/aromatic N) is 2. The lowest BCUT2D eigenvalue weighted by Crippen LogP contribution is -2.46. The zero-order valence-electron chi connectivity index (χ0n) is 17.1. The summed E-state index contributed by atoms with van der Waals surface area (Å²) in [4.78, 5) is 18.6. The van der Waals surface area contributed by atoms with Gasteiger partial charge in [0, 0.05) is 39.4 Å². The third kappa shape index (κ3) is 7.50. The molecule has 0 aromatic heterocycles. The number of carbonyl (C=O) groups is 1. The maximum absolute atomic E-state index is 11.6. The van der Waals surface area contributed by atoms with Crippen molar-refractivity contribution < 1.29 is 13.2 Å². The number of likely N-dealkylation sites (tertiary alicyclic amines) is 1. The smallest absolute Gasteiger partial charge is 0.220 e. The second-order valence-corrected chi connectivity index (χ2v) is 9.50. The summed E-state index contributed by atoms with van der Waals surface area (Å²) in [6.45, 7) is 5.17. The van der Waals surface area contributed by atoms with Gasteiger partial charge >= 0.3 is 0 Å². The maximum atomic E-state index is 11.6. The molecule has 2 N–H and O–H groups in total. The van der Waals surface area contributed by atoms with E-state index in [4.69, 9.17) is 4.99 Å². The molecule has 1 saturated heterocycles. The summed E-state index contributed by atoms with van der Waals surface area (Å²) in [6, 6.07) is 7.57. The Kier molecular flexibility index (Phi) is 8.29. The summed E-state index contributed by atoms with van der Waals surface area (Å²) in [7, 11) is -1.34. The summed E-state index contributed by atoms with van der Waals surface area (Å²) in [5.41, 5.74) is 1.84. The summed E-state index contributed by atoms with van der Waals surface area (Å²) < 4.78 is 22.8. The van der Waals surface area contributed by atoms with Crippen LogP contribution in [0.4, 0.5) is 0 Å². The first-order chi connectivity index (χ1) is 13.3. The number of amides is 1. The summed E-state index contributed by atoms with van der Waals surface area (Å²) in [5.74, 6) is 1.49. The second-order valence-electron chi connectivity index (χ2n) is 7.36. The van der Waals surface area contributed by atoms with E-state index in [0.29, 0.717) is 18.9 Å². The average molecular weight is 409 g/mol. The number of sulfone groups is 1. The highest BCUT2D eigenvalue weighted by molar-refractivity contribution is 7.89. The molecule has 0 aliphatic carbocycles. The number of rotatable bonds is 7. The number of guanidine groups is 1. The predicted molar refractivity (Wildman–Crippen MR) is 113 cm³/mol. The molecule has 1 fully saturated rings. The zero-order valence-corrected chi connectivity index (χ0v) is 17.9. The van der Waals surface area contributed by atoms with Crippen LogP contribution in [0.15, 0.2) is 29.3 Å². The standard InChI is InChI=1S/C20H32N4O3S/c1-4-22-20(24-11-9-16(10-12-24)13-19(25)21-2)23-14-17-5-7-18(8-6-17)15-28(3,26)27/h5-8,16H,4,9-15H2,1-3H3,(H,21,25)(H,22,23). The SMILES string of the molecule is CCNC(=NCc1ccc(CS(C)(=O)=O)cc1)N1CCC(CC(=O)NC)CC1. The van der Waals surface area contributed by atoms with Crippen LogP contribution < -0.4 is 10.6 Å². The Bertz CT molecular complexity index is 767. The molecule has 8 heteroatoms. The van der Waals surface area contributed by atoms with Crippen molar-refractivity contribution in [2.24, 2.45) is 10.9 Å². The molecule has 0 radical (unpaired) electrons. The molecule has 156 valence electrons. The number of nitrogens with one attached hydrogen (secondary N) is 2.